The van der Waals surface area contributed by atoms with E-state index in [-0.39, 0.29) is 0 Å². The van der Waals surface area contributed by atoms with Gasteiger partial charge in [0.05, 0.1) is 17.8 Å². The van der Waals surface area contributed by atoms with E-state index in [0.29, 0.717) is 5.92 Å². The summed E-state index contributed by atoms with van der Waals surface area (Å²) in [5, 5.41) is 5.78. The van der Waals surface area contributed by atoms with Crippen molar-refractivity contribution >= 4 is 22.4 Å². The van der Waals surface area contributed by atoms with E-state index in [9.17, 15) is 0 Å². The molecule has 0 bridgehead atoms. The maximum Gasteiger partial charge on any atom is 0.158 e. The summed E-state index contributed by atoms with van der Waals surface area (Å²) in [4.78, 5) is 7.38. The SMILES string of the molecule is Cc1cc2nc(N3CCC(COc4ccccc4)CC3)c3ccccc3n2n1. The first-order valence-electron chi connectivity index (χ1n) is 9.96. The topological polar surface area (TPSA) is 42.7 Å². The van der Waals surface area contributed by atoms with Crippen LogP contribution in [0.4, 0.5) is 5.82 Å². The standard InChI is InChI=1S/C23H24N4O/c1-17-15-22-24-23(20-9-5-6-10-21(20)27(22)25-17)26-13-11-18(12-14-26)16-28-19-7-3-2-4-8-19/h2-10,15,18H,11-14,16H2,1H3. The third kappa shape index (κ3) is 3.17. The number of aryl methyl sites for hydroxylation is 1. The second-order valence-electron chi connectivity index (χ2n) is 7.56. The molecule has 2 aromatic heterocycles. The van der Waals surface area contributed by atoms with Crippen LogP contribution in [0.3, 0.4) is 0 Å². The lowest BCUT2D eigenvalue weighted by Crippen LogP contribution is -2.36. The van der Waals surface area contributed by atoms with Gasteiger partial charge in [0, 0.05) is 24.5 Å². The molecule has 0 aliphatic carbocycles. The molecule has 28 heavy (non-hydrogen) atoms. The summed E-state index contributed by atoms with van der Waals surface area (Å²) in [5.74, 6) is 2.62. The van der Waals surface area contributed by atoms with Gasteiger partial charge in [0.25, 0.3) is 0 Å². The van der Waals surface area contributed by atoms with E-state index in [1.165, 1.54) is 0 Å². The molecule has 0 saturated carbocycles. The normalized spacial score (nSPS) is 15.4. The predicted octanol–water partition coefficient (Wildman–Crippen LogP) is 4.49. The van der Waals surface area contributed by atoms with Crippen molar-refractivity contribution in [3.05, 3.63) is 66.4 Å². The number of fused-ring (bicyclic) bond motifs is 3. The van der Waals surface area contributed by atoms with Crippen molar-refractivity contribution in [2.24, 2.45) is 5.92 Å². The molecule has 5 rings (SSSR count). The molecule has 1 aliphatic rings. The zero-order valence-corrected chi connectivity index (χ0v) is 16.1. The van der Waals surface area contributed by atoms with Gasteiger partial charge in [-0.25, -0.2) is 9.50 Å². The van der Waals surface area contributed by atoms with E-state index in [0.717, 1.165) is 66.3 Å². The molecule has 1 aliphatic heterocycles. The first kappa shape index (κ1) is 17.0. The molecule has 0 amide bonds. The smallest absolute Gasteiger partial charge is 0.158 e. The number of hydrogen-bond donors (Lipinski definition) is 0. The van der Waals surface area contributed by atoms with Crippen LogP contribution in [0.15, 0.2) is 60.7 Å². The van der Waals surface area contributed by atoms with Crippen molar-refractivity contribution in [2.75, 3.05) is 24.6 Å². The maximum atomic E-state index is 5.97. The Kier molecular flexibility index (Phi) is 4.35. The Hall–Kier alpha value is -3.08. The number of ether oxygens (including phenoxy) is 1. The summed E-state index contributed by atoms with van der Waals surface area (Å²) < 4.78 is 7.92. The van der Waals surface area contributed by atoms with Gasteiger partial charge in [0.2, 0.25) is 0 Å². The summed E-state index contributed by atoms with van der Waals surface area (Å²) in [6, 6.07) is 20.6. The van der Waals surface area contributed by atoms with E-state index < -0.39 is 0 Å². The van der Waals surface area contributed by atoms with Crippen molar-refractivity contribution in [1.29, 1.82) is 0 Å². The van der Waals surface area contributed by atoms with Crippen molar-refractivity contribution in [2.45, 2.75) is 19.8 Å². The molecule has 0 radical (unpaired) electrons. The quantitative estimate of drug-likeness (QED) is 0.529. The molecule has 0 spiro atoms. The van der Waals surface area contributed by atoms with E-state index in [2.05, 4.69) is 40.3 Å². The summed E-state index contributed by atoms with van der Waals surface area (Å²) in [5.41, 5.74) is 3.03. The van der Waals surface area contributed by atoms with Crippen LogP contribution in [-0.4, -0.2) is 34.3 Å². The summed E-state index contributed by atoms with van der Waals surface area (Å²) in [7, 11) is 0. The van der Waals surface area contributed by atoms with Crippen molar-refractivity contribution < 1.29 is 4.74 Å². The molecule has 142 valence electrons. The molecule has 0 unspecified atom stereocenters. The fourth-order valence-electron chi connectivity index (χ4n) is 4.04. The molecule has 2 aromatic carbocycles. The zero-order chi connectivity index (χ0) is 18.9. The lowest BCUT2D eigenvalue weighted by Gasteiger charge is -2.33. The minimum absolute atomic E-state index is 0.587. The van der Waals surface area contributed by atoms with Gasteiger partial charge in [0.15, 0.2) is 5.65 Å². The minimum atomic E-state index is 0.587. The van der Waals surface area contributed by atoms with E-state index in [1.54, 1.807) is 0 Å². The highest BCUT2D eigenvalue weighted by Crippen LogP contribution is 2.30. The molecule has 0 atom stereocenters. The molecule has 3 heterocycles. The third-order valence-electron chi connectivity index (χ3n) is 5.55. The van der Waals surface area contributed by atoms with Gasteiger partial charge in [-0.2, -0.15) is 5.10 Å². The maximum absolute atomic E-state index is 5.97. The molecular formula is C23H24N4O. The summed E-state index contributed by atoms with van der Waals surface area (Å²) in [6.07, 6.45) is 2.23. The van der Waals surface area contributed by atoms with E-state index >= 15 is 0 Å². The minimum Gasteiger partial charge on any atom is -0.493 e. The van der Waals surface area contributed by atoms with Gasteiger partial charge >= 0.3 is 0 Å². The Morgan fingerprint density at radius 2 is 1.75 bits per heavy atom. The van der Waals surface area contributed by atoms with Gasteiger partial charge in [0.1, 0.15) is 11.6 Å². The Morgan fingerprint density at radius 1 is 1.00 bits per heavy atom. The van der Waals surface area contributed by atoms with E-state index in [1.807, 2.05) is 41.8 Å². The summed E-state index contributed by atoms with van der Waals surface area (Å²) >= 11 is 0. The first-order valence-corrected chi connectivity index (χ1v) is 9.96. The third-order valence-corrected chi connectivity index (χ3v) is 5.55. The Bertz CT molecular complexity index is 1100. The number of piperidine rings is 1. The van der Waals surface area contributed by atoms with Gasteiger partial charge in [-0.1, -0.05) is 30.3 Å². The number of anilines is 1. The molecule has 0 N–H and O–H groups in total. The molecule has 5 heteroatoms. The van der Waals surface area contributed by atoms with Crippen LogP contribution >= 0.6 is 0 Å². The highest BCUT2D eigenvalue weighted by Gasteiger charge is 2.23. The first-order chi connectivity index (χ1) is 13.8. The number of aromatic nitrogens is 3. The van der Waals surface area contributed by atoms with Gasteiger partial charge < -0.3 is 9.64 Å². The fourth-order valence-corrected chi connectivity index (χ4v) is 4.04. The second-order valence-corrected chi connectivity index (χ2v) is 7.56. The predicted molar refractivity (Wildman–Crippen MR) is 112 cm³/mol. The lowest BCUT2D eigenvalue weighted by atomic mass is 9.97. The zero-order valence-electron chi connectivity index (χ0n) is 16.1. The summed E-state index contributed by atoms with van der Waals surface area (Å²) in [6.45, 7) is 4.81. The number of nitrogens with zero attached hydrogens (tertiary/aromatic N) is 4. The van der Waals surface area contributed by atoms with Gasteiger partial charge in [-0.15, -0.1) is 0 Å². The molecule has 5 nitrogen and oxygen atoms in total. The van der Waals surface area contributed by atoms with Crippen molar-refractivity contribution in [3.63, 3.8) is 0 Å². The average Bonchev–Trinajstić information content (AvgIpc) is 3.13. The number of hydrogen-bond acceptors (Lipinski definition) is 4. The Morgan fingerprint density at radius 3 is 2.57 bits per heavy atom. The van der Waals surface area contributed by atoms with Crippen LogP contribution in [0.2, 0.25) is 0 Å². The monoisotopic (exact) mass is 372 g/mol. The lowest BCUT2D eigenvalue weighted by molar-refractivity contribution is 0.223. The Labute approximate surface area is 164 Å². The van der Waals surface area contributed by atoms with Gasteiger partial charge in [-0.3, -0.25) is 0 Å². The number of para-hydroxylation sites is 2. The highest BCUT2D eigenvalue weighted by atomic mass is 16.5. The van der Waals surface area contributed by atoms with Crippen molar-refractivity contribution in [3.8, 4) is 5.75 Å². The largest absolute Gasteiger partial charge is 0.493 e. The van der Waals surface area contributed by atoms with Gasteiger partial charge in [-0.05, 0) is 49.9 Å². The fraction of sp³-hybridized carbons (Fsp3) is 0.304. The van der Waals surface area contributed by atoms with Crippen LogP contribution in [0.5, 0.6) is 5.75 Å². The number of benzene rings is 2. The average molecular weight is 372 g/mol. The highest BCUT2D eigenvalue weighted by molar-refractivity contribution is 5.91. The second kappa shape index (κ2) is 7.15. The molecule has 4 aromatic rings. The Balaban J connectivity index is 1.35. The molecular weight excluding hydrogens is 348 g/mol. The molecule has 1 saturated heterocycles. The van der Waals surface area contributed by atoms with Crippen molar-refractivity contribution in [1.82, 2.24) is 14.6 Å². The van der Waals surface area contributed by atoms with E-state index in [4.69, 9.17) is 9.72 Å². The molecule has 1 fully saturated rings. The van der Waals surface area contributed by atoms with Crippen LogP contribution in [0.1, 0.15) is 18.5 Å². The van der Waals surface area contributed by atoms with Crippen LogP contribution < -0.4 is 9.64 Å². The van der Waals surface area contributed by atoms with Crippen LogP contribution in [0.25, 0.3) is 16.6 Å². The van der Waals surface area contributed by atoms with Crippen LogP contribution in [0, 0.1) is 12.8 Å². The number of rotatable bonds is 4. The van der Waals surface area contributed by atoms with Crippen LogP contribution in [-0.2, 0) is 0 Å².